The molecule has 5 rings (SSSR count). The largest absolute Gasteiger partial charge is 0.493 e. The maximum Gasteiger partial charge on any atom is 0.338 e. The molecule has 11 heteroatoms. The number of aromatic nitrogens is 2. The first-order valence-electron chi connectivity index (χ1n) is 11.2. The first-order valence-corrected chi connectivity index (χ1v) is 12.0. The van der Waals surface area contributed by atoms with Crippen molar-refractivity contribution in [1.29, 1.82) is 0 Å². The molecule has 0 spiro atoms. The summed E-state index contributed by atoms with van der Waals surface area (Å²) in [4.78, 5) is 45.1. The van der Waals surface area contributed by atoms with Gasteiger partial charge in [0.15, 0.2) is 11.5 Å². The van der Waals surface area contributed by atoms with Gasteiger partial charge >= 0.3 is 11.7 Å². The normalized spacial score (nSPS) is 12.7. The number of esters is 1. The smallest absolute Gasteiger partial charge is 0.338 e. The average molecular weight is 508 g/mol. The number of ether oxygens (including phenoxy) is 3. The van der Waals surface area contributed by atoms with Gasteiger partial charge < -0.3 is 19.2 Å². The fourth-order valence-corrected chi connectivity index (χ4v) is 5.57. The number of H-pyrrole nitrogens is 1. The van der Waals surface area contributed by atoms with Crippen molar-refractivity contribution >= 4 is 33.2 Å². The molecule has 0 saturated carbocycles. The molecule has 1 aliphatic carbocycles. The SMILES string of the molecule is COC(=O)c1ccc(Oc2ccc(-c3nc4sc5c(c4c(=O)[nH]3)CCCC5)cc2OC)c([N+](=O)[O-])c1. The minimum absolute atomic E-state index is 0.0274. The third-order valence-electron chi connectivity index (χ3n) is 6.06. The molecule has 184 valence electrons. The number of aromatic amines is 1. The van der Waals surface area contributed by atoms with Gasteiger partial charge in [-0.2, -0.15) is 0 Å². The molecule has 2 aromatic heterocycles. The third kappa shape index (κ3) is 4.17. The number of rotatable bonds is 6. The Hall–Kier alpha value is -4.25. The van der Waals surface area contributed by atoms with Crippen molar-refractivity contribution in [2.45, 2.75) is 25.7 Å². The second-order valence-corrected chi connectivity index (χ2v) is 9.29. The van der Waals surface area contributed by atoms with Gasteiger partial charge in [0.25, 0.3) is 5.56 Å². The topological polar surface area (TPSA) is 134 Å². The Bertz CT molecular complexity index is 1570. The molecule has 2 heterocycles. The van der Waals surface area contributed by atoms with Gasteiger partial charge in [-0.15, -0.1) is 11.3 Å². The Kier molecular flexibility index (Phi) is 6.15. The van der Waals surface area contributed by atoms with Crippen LogP contribution >= 0.6 is 11.3 Å². The van der Waals surface area contributed by atoms with E-state index in [1.807, 2.05) is 0 Å². The zero-order chi connectivity index (χ0) is 25.4. The number of carbonyl (C=O) groups excluding carboxylic acids is 1. The van der Waals surface area contributed by atoms with Gasteiger partial charge in [-0.3, -0.25) is 14.9 Å². The van der Waals surface area contributed by atoms with Crippen molar-refractivity contribution in [3.05, 3.63) is 72.9 Å². The van der Waals surface area contributed by atoms with E-state index >= 15 is 0 Å². The van der Waals surface area contributed by atoms with Crippen molar-refractivity contribution in [3.8, 4) is 28.6 Å². The molecule has 0 fully saturated rings. The van der Waals surface area contributed by atoms with Crippen LogP contribution in [0.3, 0.4) is 0 Å². The summed E-state index contributed by atoms with van der Waals surface area (Å²) in [6.45, 7) is 0. The molecular formula is C25H21N3O7S. The Labute approximate surface area is 208 Å². The fourth-order valence-electron chi connectivity index (χ4n) is 4.31. The van der Waals surface area contributed by atoms with Gasteiger partial charge in [-0.1, -0.05) is 0 Å². The van der Waals surface area contributed by atoms with Crippen molar-refractivity contribution in [2.24, 2.45) is 0 Å². The van der Waals surface area contributed by atoms with Crippen LogP contribution in [0.25, 0.3) is 21.6 Å². The second-order valence-electron chi connectivity index (χ2n) is 8.20. The maximum absolute atomic E-state index is 12.9. The van der Waals surface area contributed by atoms with Crippen LogP contribution in [-0.4, -0.2) is 35.1 Å². The standard InChI is InChI=1S/C25H21N3O7S/c1-33-19-12-13(22-26-23(29)21-15-5-3-4-6-20(15)36-24(21)27-22)7-10-18(19)35-17-9-8-14(25(30)34-2)11-16(17)28(31)32/h7-12H,3-6H2,1-2H3,(H,26,27,29). The highest BCUT2D eigenvalue weighted by molar-refractivity contribution is 7.18. The molecule has 1 aliphatic rings. The molecule has 2 aromatic carbocycles. The molecule has 1 N–H and O–H groups in total. The molecule has 0 amide bonds. The molecule has 10 nitrogen and oxygen atoms in total. The van der Waals surface area contributed by atoms with E-state index in [0.717, 1.165) is 37.3 Å². The fraction of sp³-hybridized carbons (Fsp3) is 0.240. The van der Waals surface area contributed by atoms with Gasteiger partial charge in [0.05, 0.1) is 30.1 Å². The molecule has 0 aliphatic heterocycles. The van der Waals surface area contributed by atoms with E-state index in [1.165, 1.54) is 31.2 Å². The number of methoxy groups -OCH3 is 2. The van der Waals surface area contributed by atoms with Crippen molar-refractivity contribution in [2.75, 3.05) is 14.2 Å². The molecule has 36 heavy (non-hydrogen) atoms. The zero-order valence-electron chi connectivity index (χ0n) is 19.5. The summed E-state index contributed by atoms with van der Waals surface area (Å²) >= 11 is 1.56. The van der Waals surface area contributed by atoms with Crippen LogP contribution in [0.5, 0.6) is 17.2 Å². The minimum Gasteiger partial charge on any atom is -0.493 e. The van der Waals surface area contributed by atoms with Gasteiger partial charge in [0.2, 0.25) is 5.75 Å². The summed E-state index contributed by atoms with van der Waals surface area (Å²) in [7, 11) is 2.63. The van der Waals surface area contributed by atoms with Crippen LogP contribution in [0.1, 0.15) is 33.6 Å². The number of fused-ring (bicyclic) bond motifs is 3. The molecule has 0 unspecified atom stereocenters. The molecule has 0 saturated heterocycles. The zero-order valence-corrected chi connectivity index (χ0v) is 20.3. The Morgan fingerprint density at radius 2 is 1.86 bits per heavy atom. The summed E-state index contributed by atoms with van der Waals surface area (Å²) in [6, 6.07) is 8.69. The van der Waals surface area contributed by atoms with Crippen LogP contribution in [-0.2, 0) is 17.6 Å². The van der Waals surface area contributed by atoms with Crippen molar-refractivity contribution in [3.63, 3.8) is 0 Å². The van der Waals surface area contributed by atoms with Crippen molar-refractivity contribution < 1.29 is 23.9 Å². The van der Waals surface area contributed by atoms with Gasteiger partial charge in [0.1, 0.15) is 10.7 Å². The highest BCUT2D eigenvalue weighted by Crippen LogP contribution is 2.39. The van der Waals surface area contributed by atoms with Gasteiger partial charge in [-0.05, 0) is 61.6 Å². The first-order chi connectivity index (χ1) is 17.4. The molecule has 0 bridgehead atoms. The van der Waals surface area contributed by atoms with E-state index in [2.05, 4.69) is 9.72 Å². The second kappa shape index (κ2) is 9.42. The molecule has 0 radical (unpaired) electrons. The minimum atomic E-state index is -0.698. The highest BCUT2D eigenvalue weighted by atomic mass is 32.1. The summed E-state index contributed by atoms with van der Waals surface area (Å²) < 4.78 is 15.9. The number of nitro groups is 1. The highest BCUT2D eigenvalue weighted by Gasteiger charge is 2.23. The quantitative estimate of drug-likeness (QED) is 0.218. The number of hydrogen-bond acceptors (Lipinski definition) is 9. The number of nitro benzene ring substituents is 1. The van der Waals surface area contributed by atoms with Crippen LogP contribution in [0.15, 0.2) is 41.2 Å². The van der Waals surface area contributed by atoms with E-state index < -0.39 is 16.6 Å². The lowest BCUT2D eigenvalue weighted by Crippen LogP contribution is -2.11. The lowest BCUT2D eigenvalue weighted by molar-refractivity contribution is -0.385. The van der Waals surface area contributed by atoms with Crippen LogP contribution in [0.2, 0.25) is 0 Å². The number of benzene rings is 2. The monoisotopic (exact) mass is 507 g/mol. The van der Waals surface area contributed by atoms with E-state index in [-0.39, 0.29) is 28.4 Å². The Morgan fingerprint density at radius 3 is 2.61 bits per heavy atom. The number of hydrogen-bond donors (Lipinski definition) is 1. The average Bonchev–Trinajstić information content (AvgIpc) is 3.27. The summed E-state index contributed by atoms with van der Waals surface area (Å²) in [5.74, 6) is 0.119. The summed E-state index contributed by atoms with van der Waals surface area (Å²) in [5.41, 5.74) is 1.17. The summed E-state index contributed by atoms with van der Waals surface area (Å²) in [5, 5.41) is 12.3. The van der Waals surface area contributed by atoms with Gasteiger partial charge in [0, 0.05) is 16.5 Å². The van der Waals surface area contributed by atoms with E-state index in [0.29, 0.717) is 21.6 Å². The molecule has 4 aromatic rings. The number of thiophene rings is 1. The first kappa shape index (κ1) is 23.5. The van der Waals surface area contributed by atoms with Crippen LogP contribution in [0.4, 0.5) is 5.69 Å². The van der Waals surface area contributed by atoms with Crippen molar-refractivity contribution in [1.82, 2.24) is 9.97 Å². The number of nitrogens with zero attached hydrogens (tertiary/aromatic N) is 2. The molecule has 0 atom stereocenters. The van der Waals surface area contributed by atoms with Crippen LogP contribution in [0, 0.1) is 10.1 Å². The molecular weight excluding hydrogens is 486 g/mol. The maximum atomic E-state index is 12.9. The Balaban J connectivity index is 1.51. The van der Waals surface area contributed by atoms with E-state index in [9.17, 15) is 19.7 Å². The van der Waals surface area contributed by atoms with E-state index in [1.54, 1.807) is 29.5 Å². The third-order valence-corrected chi connectivity index (χ3v) is 7.24. The number of nitrogens with one attached hydrogen (secondary N) is 1. The predicted octanol–water partition coefficient (Wildman–Crippen LogP) is 5.03. The van der Waals surface area contributed by atoms with Crippen LogP contribution < -0.4 is 15.0 Å². The lowest BCUT2D eigenvalue weighted by atomic mass is 9.97. The number of carbonyl (C=O) groups is 1. The van der Waals surface area contributed by atoms with Gasteiger partial charge in [-0.25, -0.2) is 9.78 Å². The Morgan fingerprint density at radius 1 is 1.08 bits per heavy atom. The number of aryl methyl sites for hydroxylation is 2. The predicted molar refractivity (Wildman–Crippen MR) is 133 cm³/mol. The lowest BCUT2D eigenvalue weighted by Gasteiger charge is -2.12. The van der Waals surface area contributed by atoms with E-state index in [4.69, 9.17) is 14.5 Å². The summed E-state index contributed by atoms with van der Waals surface area (Å²) in [6.07, 6.45) is 4.05.